The zero-order chi connectivity index (χ0) is 16.1. The molecule has 0 rings (SSSR count). The lowest BCUT2D eigenvalue weighted by molar-refractivity contribution is -0.140. The molecule has 21 heavy (non-hydrogen) atoms. The molecule has 126 valence electrons. The van der Waals surface area contributed by atoms with Crippen molar-refractivity contribution in [3.63, 3.8) is 0 Å². The lowest BCUT2D eigenvalue weighted by Gasteiger charge is -2.22. The Morgan fingerprint density at radius 1 is 1.33 bits per heavy atom. The Kier molecular flexibility index (Phi) is 12.3. The largest absolute Gasteiger partial charge is 0.469 e. The van der Waals surface area contributed by atoms with Crippen molar-refractivity contribution in [1.29, 1.82) is 0 Å². The van der Waals surface area contributed by atoms with Crippen molar-refractivity contribution in [3.8, 4) is 0 Å². The molecule has 8 nitrogen and oxygen atoms in total. The van der Waals surface area contributed by atoms with E-state index < -0.39 is 12.9 Å². The van der Waals surface area contributed by atoms with Gasteiger partial charge in [-0.1, -0.05) is 0 Å². The van der Waals surface area contributed by atoms with Gasteiger partial charge >= 0.3 is 12.8 Å². The summed E-state index contributed by atoms with van der Waals surface area (Å²) in [4.78, 5) is 11.0. The molecule has 0 aliphatic rings. The molecule has 2 N–H and O–H groups in total. The lowest BCUT2D eigenvalue weighted by Crippen LogP contribution is -2.22. The van der Waals surface area contributed by atoms with Crippen molar-refractivity contribution in [2.75, 3.05) is 46.4 Å². The van der Waals surface area contributed by atoms with E-state index in [0.29, 0.717) is 12.2 Å². The van der Waals surface area contributed by atoms with E-state index in [-0.39, 0.29) is 38.8 Å². The molecule has 0 aromatic rings. The van der Waals surface area contributed by atoms with Gasteiger partial charge in [-0.05, 0) is 17.8 Å². The summed E-state index contributed by atoms with van der Waals surface area (Å²) in [5, 5.41) is 17.9. The van der Waals surface area contributed by atoms with Gasteiger partial charge in [0.2, 0.25) is 0 Å². The molecule has 0 spiro atoms. The average molecular weight is 346 g/mol. The molecule has 0 saturated carbocycles. The second kappa shape index (κ2) is 12.4. The summed E-state index contributed by atoms with van der Waals surface area (Å²) in [6.45, 7) is -4.30. The molecule has 0 radical (unpaired) electrons. The average Bonchev–Trinajstić information content (AvgIpc) is 2.49. The predicted octanol–water partition coefficient (Wildman–Crippen LogP) is 0.814. The molecule has 0 saturated heterocycles. The highest BCUT2D eigenvalue weighted by Gasteiger charge is 2.29. The van der Waals surface area contributed by atoms with E-state index in [2.05, 4.69) is 4.74 Å². The number of rotatable bonds is 13. The van der Waals surface area contributed by atoms with Crippen LogP contribution in [-0.4, -0.2) is 68.7 Å². The van der Waals surface area contributed by atoms with Crippen LogP contribution in [0.4, 0.5) is 0 Å². The normalized spacial score (nSPS) is 15.4. The number of aliphatic hydroxyl groups is 2. The van der Waals surface area contributed by atoms with Gasteiger partial charge in [0.05, 0.1) is 33.5 Å². The third kappa shape index (κ3) is 10.2. The van der Waals surface area contributed by atoms with Gasteiger partial charge in [0.15, 0.2) is 0 Å². The quantitative estimate of drug-likeness (QED) is 0.284. The fraction of sp³-hybridized carbons (Fsp3) is 0.909. The van der Waals surface area contributed by atoms with Crippen LogP contribution in [0.2, 0.25) is 0 Å². The molecule has 0 aliphatic heterocycles. The molecule has 10 heteroatoms. The zero-order valence-electron chi connectivity index (χ0n) is 12.2. The predicted molar refractivity (Wildman–Crippen MR) is 78.2 cm³/mol. The van der Waals surface area contributed by atoms with Gasteiger partial charge < -0.3 is 19.7 Å². The Morgan fingerprint density at radius 3 is 2.57 bits per heavy atom. The highest BCUT2D eigenvalue weighted by Crippen LogP contribution is 2.61. The standard InChI is InChI=1S/C11H23O8PS/c1-16-9-10(8-13)19-20(15,18-6-5-12)21-7-3-4-11(14)17-2/h10,12-13H,3-9H2,1-2H3. The van der Waals surface area contributed by atoms with Gasteiger partial charge in [-0.15, -0.1) is 0 Å². The number of methoxy groups -OCH3 is 2. The molecule has 0 aromatic carbocycles. The third-order valence-electron chi connectivity index (χ3n) is 2.18. The molecule has 0 bridgehead atoms. The fourth-order valence-corrected chi connectivity index (χ4v) is 4.77. The van der Waals surface area contributed by atoms with Gasteiger partial charge in [-0.25, -0.2) is 4.57 Å². The Morgan fingerprint density at radius 2 is 2.05 bits per heavy atom. The summed E-state index contributed by atoms with van der Waals surface area (Å²) >= 11 is 0.911. The summed E-state index contributed by atoms with van der Waals surface area (Å²) in [7, 11) is 2.72. The number of hydrogen-bond acceptors (Lipinski definition) is 9. The van der Waals surface area contributed by atoms with E-state index in [1.165, 1.54) is 14.2 Å². The number of carbonyl (C=O) groups excluding carboxylic acids is 1. The zero-order valence-corrected chi connectivity index (χ0v) is 13.9. The number of ether oxygens (including phenoxy) is 2. The van der Waals surface area contributed by atoms with E-state index in [1.807, 2.05) is 0 Å². The summed E-state index contributed by atoms with van der Waals surface area (Å²) in [6, 6.07) is 0. The molecule has 0 aliphatic carbocycles. The first kappa shape index (κ1) is 20.9. The van der Waals surface area contributed by atoms with E-state index >= 15 is 0 Å². The molecule has 0 heterocycles. The fourth-order valence-electron chi connectivity index (χ4n) is 1.23. The van der Waals surface area contributed by atoms with E-state index in [9.17, 15) is 9.36 Å². The van der Waals surface area contributed by atoms with Gasteiger partial charge in [0.25, 0.3) is 0 Å². The van der Waals surface area contributed by atoms with Crippen molar-refractivity contribution >= 4 is 24.1 Å². The van der Waals surface area contributed by atoms with Gasteiger partial charge in [0, 0.05) is 19.3 Å². The number of aliphatic hydroxyl groups excluding tert-OH is 2. The molecule has 0 fully saturated rings. The molecular weight excluding hydrogens is 323 g/mol. The van der Waals surface area contributed by atoms with Crippen molar-refractivity contribution in [3.05, 3.63) is 0 Å². The smallest absolute Gasteiger partial charge is 0.389 e. The molecular formula is C11H23O8PS. The molecule has 0 amide bonds. The minimum Gasteiger partial charge on any atom is -0.469 e. The number of carbonyl (C=O) groups is 1. The van der Waals surface area contributed by atoms with E-state index in [0.717, 1.165) is 11.4 Å². The Hall–Kier alpha value is -0.150. The summed E-state index contributed by atoms with van der Waals surface area (Å²) in [5.41, 5.74) is 0. The van der Waals surface area contributed by atoms with Crippen LogP contribution in [0, 0.1) is 0 Å². The topological polar surface area (TPSA) is 112 Å². The van der Waals surface area contributed by atoms with Gasteiger partial charge in [0.1, 0.15) is 6.10 Å². The molecule has 0 aromatic heterocycles. The monoisotopic (exact) mass is 346 g/mol. The SMILES string of the molecule is COCC(CO)OP(=O)(OCCO)SCCCC(=O)OC. The van der Waals surface area contributed by atoms with Crippen LogP contribution >= 0.6 is 18.2 Å². The van der Waals surface area contributed by atoms with Crippen LogP contribution in [0.1, 0.15) is 12.8 Å². The maximum atomic E-state index is 12.5. The number of esters is 1. The first-order chi connectivity index (χ1) is 10.0. The van der Waals surface area contributed by atoms with Crippen molar-refractivity contribution in [1.82, 2.24) is 0 Å². The highest BCUT2D eigenvalue weighted by molar-refractivity contribution is 8.55. The van der Waals surface area contributed by atoms with E-state index in [1.54, 1.807) is 0 Å². The maximum absolute atomic E-state index is 12.5. The van der Waals surface area contributed by atoms with Crippen LogP contribution < -0.4 is 0 Å². The highest BCUT2D eigenvalue weighted by atomic mass is 32.7. The Labute approximate surface area is 128 Å². The second-order valence-electron chi connectivity index (χ2n) is 3.88. The van der Waals surface area contributed by atoms with Crippen LogP contribution in [-0.2, 0) is 27.9 Å². The van der Waals surface area contributed by atoms with Crippen LogP contribution in [0.25, 0.3) is 0 Å². The molecule has 2 unspecified atom stereocenters. The molecule has 2 atom stereocenters. The lowest BCUT2D eigenvalue weighted by atomic mass is 10.3. The van der Waals surface area contributed by atoms with E-state index in [4.69, 9.17) is 24.0 Å². The maximum Gasteiger partial charge on any atom is 0.389 e. The minimum atomic E-state index is -3.54. The van der Waals surface area contributed by atoms with Crippen molar-refractivity contribution in [2.45, 2.75) is 18.9 Å². The van der Waals surface area contributed by atoms with Crippen LogP contribution in [0.5, 0.6) is 0 Å². The van der Waals surface area contributed by atoms with Gasteiger partial charge in [-0.2, -0.15) is 0 Å². The van der Waals surface area contributed by atoms with Crippen molar-refractivity contribution < 1.29 is 38.1 Å². The summed E-state index contributed by atoms with van der Waals surface area (Å²) < 4.78 is 32.1. The first-order valence-electron chi connectivity index (χ1n) is 6.36. The van der Waals surface area contributed by atoms with Gasteiger partial charge in [-0.3, -0.25) is 13.8 Å². The minimum absolute atomic E-state index is 0.0612. The van der Waals surface area contributed by atoms with Crippen LogP contribution in [0.3, 0.4) is 0 Å². The van der Waals surface area contributed by atoms with Crippen LogP contribution in [0.15, 0.2) is 0 Å². The third-order valence-corrected chi connectivity index (χ3v) is 6.09. The summed E-state index contributed by atoms with van der Waals surface area (Å²) in [5.74, 6) is -0.00149. The Balaban J connectivity index is 4.38. The Bertz CT molecular complexity index is 327. The second-order valence-corrected chi connectivity index (χ2v) is 8.03. The first-order valence-corrected chi connectivity index (χ1v) is 9.49. The number of hydrogen-bond donors (Lipinski definition) is 2. The van der Waals surface area contributed by atoms with Crippen molar-refractivity contribution in [2.24, 2.45) is 0 Å². The summed E-state index contributed by atoms with van der Waals surface area (Å²) in [6.07, 6.45) is -0.140.